The first-order valence-corrected chi connectivity index (χ1v) is 8.33. The molecule has 1 heterocycles. The summed E-state index contributed by atoms with van der Waals surface area (Å²) in [6, 6.07) is -0.0946. The molecule has 6 nitrogen and oxygen atoms in total. The largest absolute Gasteiger partial charge is 0.444 e. The number of alkyl carbamates (subject to hydrolysis) is 1. The molecule has 126 valence electrons. The third-order valence-electron chi connectivity index (χ3n) is 4.34. The third-order valence-corrected chi connectivity index (χ3v) is 4.34. The molecule has 2 rings (SSSR count). The molecule has 0 aromatic rings. The normalized spacial score (nSPS) is 26.0. The number of ether oxygens (including phenoxy) is 1. The highest BCUT2D eigenvalue weighted by Crippen LogP contribution is 2.28. The summed E-state index contributed by atoms with van der Waals surface area (Å²) in [5.41, 5.74) is -0.513. The highest BCUT2D eigenvalue weighted by molar-refractivity contribution is 5.81. The van der Waals surface area contributed by atoms with Crippen molar-refractivity contribution in [3.05, 3.63) is 0 Å². The third kappa shape index (κ3) is 5.16. The molecule has 0 radical (unpaired) electrons. The van der Waals surface area contributed by atoms with Gasteiger partial charge in [0.05, 0.1) is 5.92 Å². The first kappa shape index (κ1) is 17.1. The molecule has 2 amide bonds. The lowest BCUT2D eigenvalue weighted by atomic mass is 9.79. The number of hydrogen-bond donors (Lipinski definition) is 3. The summed E-state index contributed by atoms with van der Waals surface area (Å²) in [5, 5.41) is 9.18. The van der Waals surface area contributed by atoms with Gasteiger partial charge >= 0.3 is 6.09 Å². The molecule has 1 saturated heterocycles. The summed E-state index contributed by atoms with van der Waals surface area (Å²) >= 11 is 0. The van der Waals surface area contributed by atoms with Crippen molar-refractivity contribution in [2.45, 2.75) is 58.1 Å². The number of hydrogen-bond acceptors (Lipinski definition) is 4. The van der Waals surface area contributed by atoms with Gasteiger partial charge in [-0.3, -0.25) is 4.79 Å². The second kappa shape index (κ2) is 7.31. The van der Waals surface area contributed by atoms with E-state index in [1.54, 1.807) is 0 Å². The van der Waals surface area contributed by atoms with Crippen molar-refractivity contribution in [2.24, 2.45) is 11.8 Å². The molecular formula is C16H29N3O3. The molecule has 2 unspecified atom stereocenters. The fourth-order valence-corrected chi connectivity index (χ4v) is 2.91. The van der Waals surface area contributed by atoms with Gasteiger partial charge in [0.2, 0.25) is 5.91 Å². The first-order valence-electron chi connectivity index (χ1n) is 8.33. The highest BCUT2D eigenvalue weighted by atomic mass is 16.6. The van der Waals surface area contributed by atoms with Crippen LogP contribution in [-0.4, -0.2) is 43.3 Å². The van der Waals surface area contributed by atoms with Gasteiger partial charge in [-0.1, -0.05) is 0 Å². The van der Waals surface area contributed by atoms with Crippen molar-refractivity contribution in [2.75, 3.05) is 19.6 Å². The van der Waals surface area contributed by atoms with Crippen LogP contribution < -0.4 is 16.0 Å². The van der Waals surface area contributed by atoms with Crippen molar-refractivity contribution in [1.29, 1.82) is 0 Å². The number of amides is 2. The first-order chi connectivity index (χ1) is 10.3. The molecule has 2 fully saturated rings. The topological polar surface area (TPSA) is 79.5 Å². The quantitative estimate of drug-likeness (QED) is 0.733. The van der Waals surface area contributed by atoms with Crippen LogP contribution in [0.25, 0.3) is 0 Å². The van der Waals surface area contributed by atoms with E-state index in [9.17, 15) is 9.59 Å². The lowest BCUT2D eigenvalue weighted by Crippen LogP contribution is -2.54. The van der Waals surface area contributed by atoms with Crippen LogP contribution in [0.4, 0.5) is 4.79 Å². The van der Waals surface area contributed by atoms with Crippen LogP contribution in [0.5, 0.6) is 0 Å². The van der Waals surface area contributed by atoms with Crippen molar-refractivity contribution in [3.63, 3.8) is 0 Å². The molecule has 22 heavy (non-hydrogen) atoms. The van der Waals surface area contributed by atoms with Crippen LogP contribution >= 0.6 is 0 Å². The second-order valence-electron chi connectivity index (χ2n) is 7.38. The Morgan fingerprint density at radius 1 is 1.14 bits per heavy atom. The van der Waals surface area contributed by atoms with Gasteiger partial charge < -0.3 is 20.7 Å². The number of carbonyl (C=O) groups excluding carboxylic acids is 2. The summed E-state index contributed by atoms with van der Waals surface area (Å²) in [6.07, 6.45) is 3.46. The smallest absolute Gasteiger partial charge is 0.407 e. The standard InChI is InChI=1S/C16H29N3O3/c1-16(2,3)22-15(21)19-13-5-4-12(13)14(20)18-10-11-6-8-17-9-7-11/h11-13,17H,4-10H2,1-3H3,(H,18,20)(H,19,21). The van der Waals surface area contributed by atoms with E-state index in [1.165, 1.54) is 0 Å². The van der Waals surface area contributed by atoms with Crippen LogP contribution in [0.1, 0.15) is 46.5 Å². The molecule has 1 aliphatic carbocycles. The van der Waals surface area contributed by atoms with E-state index >= 15 is 0 Å². The zero-order valence-corrected chi connectivity index (χ0v) is 13.9. The summed E-state index contributed by atoms with van der Waals surface area (Å²) < 4.78 is 5.24. The molecule has 0 aromatic heterocycles. The van der Waals surface area contributed by atoms with Crippen molar-refractivity contribution in [1.82, 2.24) is 16.0 Å². The average molecular weight is 311 g/mol. The molecule has 0 bridgehead atoms. The van der Waals surface area contributed by atoms with Crippen LogP contribution in [0, 0.1) is 11.8 Å². The maximum atomic E-state index is 12.2. The minimum Gasteiger partial charge on any atom is -0.444 e. The maximum Gasteiger partial charge on any atom is 0.407 e. The van der Waals surface area contributed by atoms with E-state index in [0.29, 0.717) is 5.92 Å². The molecule has 1 aliphatic heterocycles. The molecule has 3 N–H and O–H groups in total. The zero-order valence-electron chi connectivity index (χ0n) is 13.9. The Morgan fingerprint density at radius 3 is 2.36 bits per heavy atom. The Morgan fingerprint density at radius 2 is 1.82 bits per heavy atom. The fraction of sp³-hybridized carbons (Fsp3) is 0.875. The van der Waals surface area contributed by atoms with Crippen LogP contribution in [0.15, 0.2) is 0 Å². The average Bonchev–Trinajstić information content (AvgIpc) is 2.41. The minimum absolute atomic E-state index is 0.0610. The summed E-state index contributed by atoms with van der Waals surface area (Å²) in [7, 11) is 0. The summed E-state index contributed by atoms with van der Waals surface area (Å²) in [4.78, 5) is 24.0. The highest BCUT2D eigenvalue weighted by Gasteiger charge is 2.38. The van der Waals surface area contributed by atoms with Gasteiger partial charge in [-0.05, 0) is 65.5 Å². The van der Waals surface area contributed by atoms with E-state index in [4.69, 9.17) is 4.74 Å². The summed E-state index contributed by atoms with van der Waals surface area (Å²) in [5.74, 6) is 0.516. The Labute approximate surface area is 132 Å². The lowest BCUT2D eigenvalue weighted by molar-refractivity contribution is -0.128. The molecular weight excluding hydrogens is 282 g/mol. The molecule has 2 atom stereocenters. The Balaban J connectivity index is 1.70. The fourth-order valence-electron chi connectivity index (χ4n) is 2.91. The van der Waals surface area contributed by atoms with Gasteiger partial charge in [0.25, 0.3) is 0 Å². The summed E-state index contributed by atoms with van der Waals surface area (Å²) in [6.45, 7) is 8.31. The van der Waals surface area contributed by atoms with Crippen molar-refractivity contribution >= 4 is 12.0 Å². The van der Waals surface area contributed by atoms with E-state index < -0.39 is 11.7 Å². The van der Waals surface area contributed by atoms with E-state index in [-0.39, 0.29) is 17.9 Å². The Hall–Kier alpha value is -1.30. The Kier molecular flexibility index (Phi) is 5.67. The van der Waals surface area contributed by atoms with Crippen molar-refractivity contribution < 1.29 is 14.3 Å². The lowest BCUT2D eigenvalue weighted by Gasteiger charge is -2.36. The van der Waals surface area contributed by atoms with Gasteiger partial charge in [0, 0.05) is 12.6 Å². The van der Waals surface area contributed by atoms with Gasteiger partial charge in [0.1, 0.15) is 5.60 Å². The monoisotopic (exact) mass is 311 g/mol. The number of rotatable bonds is 4. The second-order valence-corrected chi connectivity index (χ2v) is 7.38. The zero-order chi connectivity index (χ0) is 16.2. The van der Waals surface area contributed by atoms with Gasteiger partial charge in [-0.2, -0.15) is 0 Å². The molecule has 2 aliphatic rings. The van der Waals surface area contributed by atoms with Crippen molar-refractivity contribution in [3.8, 4) is 0 Å². The van der Waals surface area contributed by atoms with Gasteiger partial charge in [-0.25, -0.2) is 4.79 Å². The Bertz CT molecular complexity index is 400. The molecule has 0 aromatic carbocycles. The molecule has 0 spiro atoms. The van der Waals surface area contributed by atoms with Gasteiger partial charge in [-0.15, -0.1) is 0 Å². The predicted octanol–water partition coefficient (Wildman–Crippen LogP) is 1.41. The predicted molar refractivity (Wildman–Crippen MR) is 84.5 cm³/mol. The van der Waals surface area contributed by atoms with Crippen LogP contribution in [0.3, 0.4) is 0 Å². The maximum absolute atomic E-state index is 12.2. The number of piperidine rings is 1. The number of nitrogens with one attached hydrogen (secondary N) is 3. The van der Waals surface area contributed by atoms with Crippen LogP contribution in [0.2, 0.25) is 0 Å². The number of carbonyl (C=O) groups is 2. The molecule has 1 saturated carbocycles. The van der Waals surface area contributed by atoms with Gasteiger partial charge in [0.15, 0.2) is 0 Å². The minimum atomic E-state index is -0.513. The van der Waals surface area contributed by atoms with E-state index in [1.807, 2.05) is 20.8 Å². The van der Waals surface area contributed by atoms with E-state index in [0.717, 1.165) is 45.3 Å². The van der Waals surface area contributed by atoms with Crippen LogP contribution in [-0.2, 0) is 9.53 Å². The molecule has 6 heteroatoms. The SMILES string of the molecule is CC(C)(C)OC(=O)NC1CCC1C(=O)NCC1CCNCC1. The van der Waals surface area contributed by atoms with E-state index in [2.05, 4.69) is 16.0 Å².